The van der Waals surface area contributed by atoms with Crippen LogP contribution in [0.2, 0.25) is 0 Å². The molecule has 0 unspecified atom stereocenters. The number of likely N-dealkylation sites (N-methyl/N-ethyl adjacent to an activating group) is 1. The first-order valence-electron chi connectivity index (χ1n) is 9.21. The number of nitrogens with zero attached hydrogens (tertiary/aromatic N) is 1. The minimum atomic E-state index is -3.11. The van der Waals surface area contributed by atoms with Gasteiger partial charge in [0.05, 0.1) is 12.1 Å². The van der Waals surface area contributed by atoms with E-state index >= 15 is 0 Å². The largest absolute Gasteiger partial charge is 0.503 e. The molecule has 0 aliphatic carbocycles. The van der Waals surface area contributed by atoms with Gasteiger partial charge in [-0.05, 0) is 34.9 Å². The Morgan fingerprint density at radius 3 is 2.43 bits per heavy atom. The molecule has 0 fully saturated rings. The lowest BCUT2D eigenvalue weighted by atomic mass is 10.0. The van der Waals surface area contributed by atoms with Gasteiger partial charge < -0.3 is 20.6 Å². The molecule has 2 aromatic rings. The van der Waals surface area contributed by atoms with Crippen molar-refractivity contribution in [1.29, 1.82) is 0 Å². The van der Waals surface area contributed by atoms with Crippen molar-refractivity contribution < 1.29 is 23.1 Å². The molecule has 2 aromatic carbocycles. The Morgan fingerprint density at radius 1 is 1.13 bits per heavy atom. The molecule has 0 spiro atoms. The Morgan fingerprint density at radius 2 is 1.83 bits per heavy atom. The van der Waals surface area contributed by atoms with E-state index in [9.17, 15) is 23.1 Å². The number of carbonyl (C=O) groups excluding carboxylic acids is 2. The van der Waals surface area contributed by atoms with E-state index in [0.29, 0.717) is 5.69 Å². The third kappa shape index (κ3) is 5.18. The maximum Gasteiger partial charge on any atom is 0.289 e. The number of hydrogen-bond acceptors (Lipinski definition) is 6. The SMILES string of the molecule is CN1CC(C(=O)NCc2cccc(-c3ccc(NCS(C)(=O)=O)cc3)c2)=C(O)C1=O. The van der Waals surface area contributed by atoms with Gasteiger partial charge in [-0.3, -0.25) is 9.59 Å². The molecule has 0 atom stereocenters. The predicted octanol–water partition coefficient (Wildman–Crippen LogP) is 1.67. The predicted molar refractivity (Wildman–Crippen MR) is 114 cm³/mol. The lowest BCUT2D eigenvalue weighted by Gasteiger charge is -2.10. The van der Waals surface area contributed by atoms with Gasteiger partial charge >= 0.3 is 0 Å². The van der Waals surface area contributed by atoms with Gasteiger partial charge in [0.15, 0.2) is 15.6 Å². The first-order valence-corrected chi connectivity index (χ1v) is 11.3. The number of amides is 2. The highest BCUT2D eigenvalue weighted by atomic mass is 32.2. The minimum Gasteiger partial charge on any atom is -0.503 e. The average Bonchev–Trinajstić information content (AvgIpc) is 2.98. The van der Waals surface area contributed by atoms with Crippen LogP contribution in [0, 0.1) is 0 Å². The van der Waals surface area contributed by atoms with Gasteiger partial charge in [0.25, 0.3) is 11.8 Å². The number of rotatable bonds is 7. The molecule has 3 N–H and O–H groups in total. The second-order valence-electron chi connectivity index (χ2n) is 7.20. The quantitative estimate of drug-likeness (QED) is 0.617. The zero-order valence-electron chi connectivity index (χ0n) is 16.7. The summed E-state index contributed by atoms with van der Waals surface area (Å²) >= 11 is 0. The first-order chi connectivity index (χ1) is 14.1. The summed E-state index contributed by atoms with van der Waals surface area (Å²) in [6.07, 6.45) is 1.17. The number of anilines is 1. The molecular weight excluding hydrogens is 406 g/mol. The molecule has 1 heterocycles. The van der Waals surface area contributed by atoms with Crippen LogP contribution in [-0.4, -0.2) is 56.0 Å². The Hall–Kier alpha value is -3.33. The summed E-state index contributed by atoms with van der Waals surface area (Å²) in [5, 5.41) is 15.4. The molecule has 9 heteroatoms. The Bertz CT molecular complexity index is 1110. The topological polar surface area (TPSA) is 116 Å². The van der Waals surface area contributed by atoms with E-state index in [1.54, 1.807) is 12.1 Å². The van der Waals surface area contributed by atoms with Gasteiger partial charge in [-0.2, -0.15) is 0 Å². The van der Waals surface area contributed by atoms with Crippen molar-refractivity contribution >= 4 is 27.3 Å². The first kappa shape index (κ1) is 21.4. The Labute approximate surface area is 175 Å². The average molecular weight is 429 g/mol. The van der Waals surface area contributed by atoms with Crippen molar-refractivity contribution in [1.82, 2.24) is 10.2 Å². The van der Waals surface area contributed by atoms with E-state index in [1.165, 1.54) is 18.2 Å². The molecule has 3 rings (SSSR count). The zero-order valence-corrected chi connectivity index (χ0v) is 17.5. The molecule has 8 nitrogen and oxygen atoms in total. The van der Waals surface area contributed by atoms with Gasteiger partial charge in [0.2, 0.25) is 0 Å². The molecule has 30 heavy (non-hydrogen) atoms. The molecule has 1 aliphatic heterocycles. The third-order valence-electron chi connectivity index (χ3n) is 4.64. The smallest absolute Gasteiger partial charge is 0.289 e. The Kier molecular flexibility index (Phi) is 6.12. The van der Waals surface area contributed by atoms with Crippen LogP contribution in [0.3, 0.4) is 0 Å². The molecule has 2 amide bonds. The van der Waals surface area contributed by atoms with Crippen LogP contribution in [0.1, 0.15) is 5.56 Å². The highest BCUT2D eigenvalue weighted by Gasteiger charge is 2.31. The van der Waals surface area contributed by atoms with Gasteiger partial charge in [0, 0.05) is 25.5 Å². The van der Waals surface area contributed by atoms with Gasteiger partial charge in [0.1, 0.15) is 5.88 Å². The van der Waals surface area contributed by atoms with Crippen molar-refractivity contribution in [2.24, 2.45) is 0 Å². The van der Waals surface area contributed by atoms with Gasteiger partial charge in [-0.25, -0.2) is 8.42 Å². The maximum atomic E-state index is 12.3. The summed E-state index contributed by atoms with van der Waals surface area (Å²) in [6.45, 7) is 0.325. The summed E-state index contributed by atoms with van der Waals surface area (Å²) < 4.78 is 22.5. The second kappa shape index (κ2) is 8.58. The van der Waals surface area contributed by atoms with E-state index in [-0.39, 0.29) is 24.5 Å². The lowest BCUT2D eigenvalue weighted by Crippen LogP contribution is -2.27. The number of sulfone groups is 1. The normalized spacial score (nSPS) is 14.2. The summed E-state index contributed by atoms with van der Waals surface area (Å²) in [5.74, 6) is -1.67. The van der Waals surface area contributed by atoms with Crippen LogP contribution >= 0.6 is 0 Å². The van der Waals surface area contributed by atoms with Gasteiger partial charge in [-0.15, -0.1) is 0 Å². The summed E-state index contributed by atoms with van der Waals surface area (Å²) in [7, 11) is -1.59. The molecule has 0 saturated carbocycles. The van der Waals surface area contributed by atoms with E-state index in [0.717, 1.165) is 16.7 Å². The number of hydrogen-bond donors (Lipinski definition) is 3. The van der Waals surface area contributed by atoms with Crippen molar-refractivity contribution in [3.8, 4) is 11.1 Å². The molecule has 1 aliphatic rings. The van der Waals surface area contributed by atoms with E-state index in [1.807, 2.05) is 36.4 Å². The molecular formula is C21H23N3O5S. The monoisotopic (exact) mass is 429 g/mol. The van der Waals surface area contributed by atoms with Crippen LogP contribution in [0.5, 0.6) is 0 Å². The number of benzene rings is 2. The van der Waals surface area contributed by atoms with E-state index in [2.05, 4.69) is 10.6 Å². The van der Waals surface area contributed by atoms with Crippen LogP contribution in [0.25, 0.3) is 11.1 Å². The molecule has 0 saturated heterocycles. The zero-order chi connectivity index (χ0) is 21.9. The summed E-state index contributed by atoms with van der Waals surface area (Å²) in [4.78, 5) is 25.2. The van der Waals surface area contributed by atoms with Gasteiger partial charge in [-0.1, -0.05) is 30.3 Å². The fraction of sp³-hybridized carbons (Fsp3) is 0.238. The highest BCUT2D eigenvalue weighted by molar-refractivity contribution is 7.90. The lowest BCUT2D eigenvalue weighted by molar-refractivity contribution is -0.126. The number of aliphatic hydroxyl groups is 1. The number of aliphatic hydroxyl groups excluding tert-OH is 1. The molecule has 158 valence electrons. The van der Waals surface area contributed by atoms with Crippen LogP contribution < -0.4 is 10.6 Å². The molecule has 0 radical (unpaired) electrons. The second-order valence-corrected chi connectivity index (χ2v) is 9.34. The summed E-state index contributed by atoms with van der Waals surface area (Å²) in [6, 6.07) is 15.0. The van der Waals surface area contributed by atoms with Crippen molar-refractivity contribution in [3.05, 3.63) is 65.4 Å². The minimum absolute atomic E-state index is 0.0656. The van der Waals surface area contributed by atoms with Crippen LogP contribution in [0.15, 0.2) is 59.9 Å². The third-order valence-corrected chi connectivity index (χ3v) is 5.31. The van der Waals surface area contributed by atoms with Crippen molar-refractivity contribution in [2.75, 3.05) is 31.0 Å². The van der Waals surface area contributed by atoms with Crippen molar-refractivity contribution in [3.63, 3.8) is 0 Å². The fourth-order valence-electron chi connectivity index (χ4n) is 3.02. The van der Waals surface area contributed by atoms with Crippen molar-refractivity contribution in [2.45, 2.75) is 6.54 Å². The maximum absolute atomic E-state index is 12.3. The van der Waals surface area contributed by atoms with E-state index < -0.39 is 27.4 Å². The fourth-order valence-corrected chi connectivity index (χ4v) is 3.45. The molecule has 0 bridgehead atoms. The highest BCUT2D eigenvalue weighted by Crippen LogP contribution is 2.23. The molecule has 0 aromatic heterocycles. The van der Waals surface area contributed by atoms with Crippen LogP contribution in [0.4, 0.5) is 5.69 Å². The standard InChI is InChI=1S/C21H23N3O5S/c1-24-12-18(19(25)21(24)27)20(26)22-11-14-4-3-5-16(10-14)15-6-8-17(9-7-15)23-13-30(2,28)29/h3-10,23,25H,11-13H2,1-2H3,(H,22,26). The van der Waals surface area contributed by atoms with E-state index in [4.69, 9.17) is 0 Å². The Balaban J connectivity index is 1.65. The summed E-state index contributed by atoms with van der Waals surface area (Å²) in [5.41, 5.74) is 3.51. The number of carbonyl (C=O) groups is 2. The number of nitrogens with one attached hydrogen (secondary N) is 2. The van der Waals surface area contributed by atoms with Crippen LogP contribution in [-0.2, 0) is 26.0 Å².